The number of carboxylic acids is 1. The molecule has 4 aliphatic carbocycles. The minimum atomic E-state index is -1.91. The monoisotopic (exact) mass is 395 g/mol. The predicted octanol–water partition coefficient (Wildman–Crippen LogP) is 4.18. The van der Waals surface area contributed by atoms with Crippen molar-refractivity contribution in [2.75, 3.05) is 6.61 Å². The Bertz CT molecular complexity index is 560. The Balaban J connectivity index is 1.58. The lowest BCUT2D eigenvalue weighted by atomic mass is 9.49. The molecule has 4 rings (SSSR count). The Labute approximate surface area is 164 Å². The number of nitrogens with one attached hydrogen (secondary N) is 1. The topological polar surface area (TPSA) is 75.6 Å². The first-order valence-corrected chi connectivity index (χ1v) is 13.5. The van der Waals surface area contributed by atoms with Crippen LogP contribution in [0.5, 0.6) is 0 Å². The second-order valence-electron chi connectivity index (χ2n) is 11.0. The molecule has 4 aliphatic rings. The second-order valence-corrected chi connectivity index (χ2v) is 15.8. The van der Waals surface area contributed by atoms with Crippen LogP contribution in [0.2, 0.25) is 18.1 Å². The van der Waals surface area contributed by atoms with Gasteiger partial charge in [-0.1, -0.05) is 20.8 Å². The number of carbonyl (C=O) groups is 2. The summed E-state index contributed by atoms with van der Waals surface area (Å²) in [6.07, 6.45) is 7.02. The van der Waals surface area contributed by atoms with E-state index in [0.717, 1.165) is 19.3 Å². The highest BCUT2D eigenvalue weighted by molar-refractivity contribution is 6.74. The summed E-state index contributed by atoms with van der Waals surface area (Å²) in [6, 6.07) is -0.852. The third-order valence-electron chi connectivity index (χ3n) is 7.80. The van der Waals surface area contributed by atoms with Gasteiger partial charge in [0.15, 0.2) is 8.32 Å². The summed E-state index contributed by atoms with van der Waals surface area (Å²) in [5.74, 6) is 1.06. The van der Waals surface area contributed by atoms with Crippen LogP contribution in [-0.4, -0.2) is 37.9 Å². The fourth-order valence-corrected chi connectivity index (χ4v) is 6.67. The quantitative estimate of drug-likeness (QED) is 0.634. The van der Waals surface area contributed by atoms with Crippen LogP contribution < -0.4 is 5.32 Å². The Morgan fingerprint density at radius 3 is 2.00 bits per heavy atom. The molecule has 4 fully saturated rings. The molecular formula is C21H37NO4Si. The summed E-state index contributed by atoms with van der Waals surface area (Å²) >= 11 is 0. The Kier molecular flexibility index (Phi) is 5.54. The van der Waals surface area contributed by atoms with Gasteiger partial charge in [0, 0.05) is 18.4 Å². The Hall–Kier alpha value is -0.883. The molecule has 2 N–H and O–H groups in total. The van der Waals surface area contributed by atoms with Crippen molar-refractivity contribution < 1.29 is 19.1 Å². The SMILES string of the molecule is CC(C)(C)[Si](C)(C)OCC[C@H](NC(=O)C12CC3CC(CC(C3)C1)C2)C(=O)O. The number of aliphatic carboxylic acids is 1. The van der Waals surface area contributed by atoms with Gasteiger partial charge in [-0.15, -0.1) is 0 Å². The van der Waals surface area contributed by atoms with E-state index >= 15 is 0 Å². The zero-order valence-corrected chi connectivity index (χ0v) is 18.6. The molecule has 0 heterocycles. The first-order chi connectivity index (χ1) is 12.4. The zero-order valence-electron chi connectivity index (χ0n) is 17.6. The maximum atomic E-state index is 13.1. The van der Waals surface area contributed by atoms with E-state index in [9.17, 15) is 14.7 Å². The summed E-state index contributed by atoms with van der Waals surface area (Å²) in [6.45, 7) is 11.2. The molecule has 0 aromatic carbocycles. The molecule has 0 radical (unpaired) electrons. The molecule has 0 aromatic rings. The van der Waals surface area contributed by atoms with Crippen molar-refractivity contribution in [3.8, 4) is 0 Å². The van der Waals surface area contributed by atoms with Crippen molar-refractivity contribution >= 4 is 20.2 Å². The van der Waals surface area contributed by atoms with Crippen LogP contribution in [0.3, 0.4) is 0 Å². The first kappa shape index (κ1) is 20.8. The maximum Gasteiger partial charge on any atom is 0.326 e. The lowest BCUT2D eigenvalue weighted by Gasteiger charge is -2.55. The van der Waals surface area contributed by atoms with Crippen molar-refractivity contribution in [2.45, 2.75) is 89.9 Å². The van der Waals surface area contributed by atoms with Crippen LogP contribution in [-0.2, 0) is 14.0 Å². The van der Waals surface area contributed by atoms with Gasteiger partial charge in [0.25, 0.3) is 0 Å². The van der Waals surface area contributed by atoms with Gasteiger partial charge in [0.2, 0.25) is 5.91 Å². The van der Waals surface area contributed by atoms with E-state index < -0.39 is 20.3 Å². The molecule has 0 aliphatic heterocycles. The minimum absolute atomic E-state index is 0.0127. The summed E-state index contributed by atoms with van der Waals surface area (Å²) in [4.78, 5) is 24.9. The average Bonchev–Trinajstić information content (AvgIpc) is 2.51. The lowest BCUT2D eigenvalue weighted by molar-refractivity contribution is -0.151. The molecular weight excluding hydrogens is 358 g/mol. The van der Waals surface area contributed by atoms with Gasteiger partial charge in [-0.05, 0) is 74.4 Å². The standard InChI is InChI=1S/C21H37NO4Si/c1-20(2,3)27(4,5)26-7-6-17(18(23)24)22-19(25)21-11-14-8-15(12-21)10-16(9-14)13-21/h14-17H,6-13H2,1-5H3,(H,22,25)(H,23,24)/t14?,15?,16?,17-,21?/m0/s1. The minimum Gasteiger partial charge on any atom is -0.480 e. The number of carbonyl (C=O) groups excluding carboxylic acids is 1. The van der Waals surface area contributed by atoms with Crippen molar-refractivity contribution in [2.24, 2.45) is 23.2 Å². The molecule has 1 atom stereocenters. The molecule has 6 heteroatoms. The molecule has 5 nitrogen and oxygen atoms in total. The van der Waals surface area contributed by atoms with E-state index in [-0.39, 0.29) is 16.4 Å². The number of hydrogen-bond acceptors (Lipinski definition) is 3. The van der Waals surface area contributed by atoms with Gasteiger partial charge < -0.3 is 14.8 Å². The third-order valence-corrected chi connectivity index (χ3v) is 12.3. The summed E-state index contributed by atoms with van der Waals surface area (Å²) in [7, 11) is -1.91. The van der Waals surface area contributed by atoms with Crippen molar-refractivity contribution in [3.05, 3.63) is 0 Å². The van der Waals surface area contributed by atoms with E-state index in [4.69, 9.17) is 4.43 Å². The summed E-state index contributed by atoms with van der Waals surface area (Å²) < 4.78 is 6.13. The number of rotatable bonds is 7. The molecule has 0 unspecified atom stereocenters. The molecule has 4 bridgehead atoms. The normalized spacial score (nSPS) is 33.7. The Morgan fingerprint density at radius 2 is 1.59 bits per heavy atom. The van der Waals surface area contributed by atoms with E-state index in [1.165, 1.54) is 19.3 Å². The molecule has 27 heavy (non-hydrogen) atoms. The summed E-state index contributed by atoms with van der Waals surface area (Å²) in [5.41, 5.74) is -0.303. The van der Waals surface area contributed by atoms with E-state index in [1.54, 1.807) is 0 Å². The smallest absolute Gasteiger partial charge is 0.326 e. The van der Waals surface area contributed by atoms with Gasteiger partial charge in [-0.2, -0.15) is 0 Å². The highest BCUT2D eigenvalue weighted by Crippen LogP contribution is 2.60. The van der Waals surface area contributed by atoms with E-state index in [2.05, 4.69) is 39.2 Å². The number of carboxylic acid groups (broad SMARTS) is 1. The number of amides is 1. The van der Waals surface area contributed by atoms with Crippen LogP contribution in [0, 0.1) is 23.2 Å². The highest BCUT2D eigenvalue weighted by Gasteiger charge is 2.55. The van der Waals surface area contributed by atoms with Crippen LogP contribution in [0.15, 0.2) is 0 Å². The van der Waals surface area contributed by atoms with Gasteiger partial charge >= 0.3 is 5.97 Å². The maximum absolute atomic E-state index is 13.1. The van der Waals surface area contributed by atoms with Crippen LogP contribution >= 0.6 is 0 Å². The summed E-state index contributed by atoms with van der Waals surface area (Å²) in [5, 5.41) is 12.6. The fourth-order valence-electron chi connectivity index (χ4n) is 5.61. The van der Waals surface area contributed by atoms with Crippen LogP contribution in [0.25, 0.3) is 0 Å². The van der Waals surface area contributed by atoms with Gasteiger partial charge in [-0.3, -0.25) is 4.79 Å². The zero-order chi connectivity index (χ0) is 20.0. The average molecular weight is 396 g/mol. The fraction of sp³-hybridized carbons (Fsp3) is 0.905. The molecule has 0 saturated heterocycles. The molecule has 0 aromatic heterocycles. The van der Waals surface area contributed by atoms with Gasteiger partial charge in [0.05, 0.1) is 0 Å². The van der Waals surface area contributed by atoms with Gasteiger partial charge in [-0.25, -0.2) is 4.79 Å². The van der Waals surface area contributed by atoms with Crippen molar-refractivity contribution in [3.63, 3.8) is 0 Å². The lowest BCUT2D eigenvalue weighted by Crippen LogP contribution is -2.56. The molecule has 154 valence electrons. The first-order valence-electron chi connectivity index (χ1n) is 10.6. The Morgan fingerprint density at radius 1 is 1.11 bits per heavy atom. The molecule has 0 spiro atoms. The predicted molar refractivity (Wildman–Crippen MR) is 108 cm³/mol. The second kappa shape index (κ2) is 7.18. The van der Waals surface area contributed by atoms with Gasteiger partial charge in [0.1, 0.15) is 6.04 Å². The van der Waals surface area contributed by atoms with Crippen LogP contribution in [0.4, 0.5) is 0 Å². The molecule has 1 amide bonds. The van der Waals surface area contributed by atoms with Crippen molar-refractivity contribution in [1.29, 1.82) is 0 Å². The van der Waals surface area contributed by atoms with E-state index in [0.29, 0.717) is 30.8 Å². The highest BCUT2D eigenvalue weighted by atomic mass is 28.4. The largest absolute Gasteiger partial charge is 0.480 e. The van der Waals surface area contributed by atoms with Crippen LogP contribution in [0.1, 0.15) is 65.7 Å². The van der Waals surface area contributed by atoms with Crippen molar-refractivity contribution in [1.82, 2.24) is 5.32 Å². The number of hydrogen-bond donors (Lipinski definition) is 2. The van der Waals surface area contributed by atoms with E-state index in [1.807, 2.05) is 0 Å². The molecule has 4 saturated carbocycles. The third kappa shape index (κ3) is 4.26.